The van der Waals surface area contributed by atoms with Gasteiger partial charge in [0, 0.05) is 112 Å². The van der Waals surface area contributed by atoms with Crippen LogP contribution in [-0.4, -0.2) is 149 Å². The molecule has 3 atom stereocenters. The zero-order chi connectivity index (χ0) is 82.0. The van der Waals surface area contributed by atoms with Gasteiger partial charge in [-0.2, -0.15) is 0 Å². The lowest BCUT2D eigenvalue weighted by molar-refractivity contribution is 0.134. The number of nitrogens with one attached hydrogen (secondary N) is 5. The van der Waals surface area contributed by atoms with Crippen molar-refractivity contribution in [2.45, 2.75) is 109 Å². The Kier molecular flexibility index (Phi) is 29.4. The fourth-order valence-corrected chi connectivity index (χ4v) is 16.7. The van der Waals surface area contributed by atoms with Gasteiger partial charge in [-0.25, -0.2) is 14.4 Å². The maximum atomic E-state index is 13.5. The fourth-order valence-electron chi connectivity index (χ4n) is 15.8. The maximum absolute atomic E-state index is 13.5. The van der Waals surface area contributed by atoms with Gasteiger partial charge in [0.25, 0.3) is 0 Å². The molecule has 16 rings (SSSR count). The van der Waals surface area contributed by atoms with Gasteiger partial charge < -0.3 is 64.0 Å². The van der Waals surface area contributed by atoms with Crippen molar-refractivity contribution >= 4 is 121 Å². The number of hydrogen-bond donors (Lipinski definition) is 6. The van der Waals surface area contributed by atoms with Crippen molar-refractivity contribution in [2.75, 3.05) is 85.3 Å². The molecule has 12 aromatic rings. The number of aliphatic hydroxyl groups excluding tert-OH is 1. The largest absolute Gasteiger partial charge is 0.494 e. The number of rotatable bonds is 27. The topological polar surface area (TPSA) is 211 Å². The summed E-state index contributed by atoms with van der Waals surface area (Å²) in [6, 6.07) is 61.3. The van der Waals surface area contributed by atoms with Gasteiger partial charge in [0.05, 0.1) is 26.4 Å². The number of benzene rings is 9. The molecule has 0 bridgehead atoms. The van der Waals surface area contributed by atoms with Crippen LogP contribution in [0.2, 0.25) is 30.1 Å². The van der Waals surface area contributed by atoms with Gasteiger partial charge >= 0.3 is 18.3 Å². The van der Waals surface area contributed by atoms with Crippen LogP contribution in [0.1, 0.15) is 134 Å². The lowest BCUT2D eigenvalue weighted by Gasteiger charge is -2.35. The van der Waals surface area contributed by atoms with Gasteiger partial charge in [-0.3, -0.25) is 14.7 Å². The number of aromatic amines is 3. The van der Waals surface area contributed by atoms with E-state index in [2.05, 4.69) is 44.3 Å². The molecule has 4 aliphatic heterocycles. The van der Waals surface area contributed by atoms with Crippen molar-refractivity contribution < 1.29 is 47.9 Å². The molecule has 0 aliphatic carbocycles. The van der Waals surface area contributed by atoms with Crippen LogP contribution in [0.4, 0.5) is 14.4 Å². The highest BCUT2D eigenvalue weighted by Crippen LogP contribution is 2.44. The van der Waals surface area contributed by atoms with Crippen molar-refractivity contribution in [3.63, 3.8) is 0 Å². The summed E-state index contributed by atoms with van der Waals surface area (Å²) in [5.41, 5.74) is 12.3. The minimum absolute atomic E-state index is 0.147. The van der Waals surface area contributed by atoms with Gasteiger partial charge in [0.2, 0.25) is 0 Å². The zero-order valence-electron chi connectivity index (χ0n) is 66.0. The van der Waals surface area contributed by atoms with Crippen molar-refractivity contribution in [3.8, 4) is 34.5 Å². The summed E-state index contributed by atoms with van der Waals surface area (Å²) < 4.78 is 35.2. The first-order valence-electron chi connectivity index (χ1n) is 40.5. The maximum Gasteiger partial charge on any atom is 0.416 e. The Hall–Kier alpha value is -9.61. The molecule has 25 heteroatoms. The number of halogens is 6. The predicted molar refractivity (Wildman–Crippen MR) is 471 cm³/mol. The van der Waals surface area contributed by atoms with Crippen LogP contribution < -0.4 is 39.1 Å². The Morgan fingerprint density at radius 3 is 1.03 bits per heavy atom. The Morgan fingerprint density at radius 2 is 0.703 bits per heavy atom. The normalized spacial score (nSPS) is 15.7. The monoisotopic (exact) mass is 1710 g/mol. The third-order valence-corrected chi connectivity index (χ3v) is 23.1. The van der Waals surface area contributed by atoms with E-state index in [9.17, 15) is 14.4 Å². The van der Waals surface area contributed by atoms with Crippen molar-refractivity contribution in [3.05, 3.63) is 281 Å². The quantitative estimate of drug-likeness (QED) is 0.0265. The highest BCUT2D eigenvalue weighted by molar-refractivity contribution is 6.32. The summed E-state index contributed by atoms with van der Waals surface area (Å²) in [5.74, 6) is 3.76. The van der Waals surface area contributed by atoms with E-state index in [1.807, 2.05) is 127 Å². The molecule has 3 aromatic heterocycles. The molecule has 616 valence electrons. The van der Waals surface area contributed by atoms with E-state index in [4.69, 9.17) is 103 Å². The molecule has 6 N–H and O–H groups in total. The Balaban J connectivity index is 0.000000145. The molecule has 3 amide bonds. The van der Waals surface area contributed by atoms with Gasteiger partial charge in [-0.05, 0) is 301 Å². The van der Waals surface area contributed by atoms with E-state index in [0.29, 0.717) is 119 Å². The summed E-state index contributed by atoms with van der Waals surface area (Å²) in [6.45, 7) is 14.0. The number of aromatic nitrogens is 3. The second kappa shape index (κ2) is 40.9. The zero-order valence-corrected chi connectivity index (χ0v) is 70.5. The molecule has 4 aliphatic rings. The van der Waals surface area contributed by atoms with Crippen LogP contribution in [-0.2, 0) is 19.3 Å². The van der Waals surface area contributed by atoms with Crippen LogP contribution in [0.5, 0.6) is 34.5 Å². The Morgan fingerprint density at radius 1 is 0.390 bits per heavy atom. The third kappa shape index (κ3) is 21.7. The minimum atomic E-state index is -0.431. The van der Waals surface area contributed by atoms with Crippen molar-refractivity contribution in [1.82, 2.24) is 45.2 Å². The number of ether oxygens (including phenoxy) is 6. The SMILES string of the molecule is CC(C)NCCCCOc1ccc(C2c3[nH]c4ccc(Cl)cc4c3CCN2C(=O)Oc2ccc(Cl)cc2)cc1.O=C(Oc1ccc(Cl)cc1)N1CCc2c([nH]c3ccc(Cl)cc23)C1c1ccc(OCCCCN2CCCC2)cc1.O=C(Oc1ccc(Cl)cc1)N1CCc2c([nH]c3ccc(Cl)cc23)C1c1ccc(OCCCCNCCO)cc1. The van der Waals surface area contributed by atoms with Gasteiger partial charge in [-0.1, -0.05) is 120 Å². The number of carbonyl (C=O) groups excluding carboxylic acids is 3. The fraction of sp³-hybridized carbons (Fsp3) is 0.323. The van der Waals surface area contributed by atoms with Crippen LogP contribution in [0, 0.1) is 0 Å². The summed E-state index contributed by atoms with van der Waals surface area (Å²) in [7, 11) is 0. The molecule has 19 nitrogen and oxygen atoms in total. The van der Waals surface area contributed by atoms with Crippen LogP contribution in [0.15, 0.2) is 200 Å². The number of H-pyrrole nitrogens is 3. The number of aliphatic hydroxyl groups is 1. The number of amides is 3. The molecule has 1 saturated heterocycles. The van der Waals surface area contributed by atoms with E-state index in [1.54, 1.807) is 87.5 Å². The molecule has 1 fully saturated rings. The molecular weight excluding hydrogens is 1620 g/mol. The smallest absolute Gasteiger partial charge is 0.416 e. The lowest BCUT2D eigenvalue weighted by atomic mass is 9.92. The molecule has 118 heavy (non-hydrogen) atoms. The number of carbonyl (C=O) groups is 3. The summed E-state index contributed by atoms with van der Waals surface area (Å²) in [6.07, 6.45) is 9.57. The van der Waals surface area contributed by atoms with Crippen molar-refractivity contribution in [1.29, 1.82) is 0 Å². The van der Waals surface area contributed by atoms with E-state index in [-0.39, 0.29) is 24.7 Å². The first kappa shape index (κ1) is 84.8. The minimum Gasteiger partial charge on any atom is -0.494 e. The van der Waals surface area contributed by atoms with Crippen LogP contribution >= 0.6 is 69.6 Å². The molecular formula is C93H97Cl6N9O10. The van der Waals surface area contributed by atoms with Crippen molar-refractivity contribution in [2.24, 2.45) is 0 Å². The van der Waals surface area contributed by atoms with Crippen LogP contribution in [0.3, 0.4) is 0 Å². The van der Waals surface area contributed by atoms with Gasteiger partial charge in [0.1, 0.15) is 52.6 Å². The van der Waals surface area contributed by atoms with Gasteiger partial charge in [-0.15, -0.1) is 0 Å². The number of hydrogen-bond acceptors (Lipinski definition) is 13. The number of fused-ring (bicyclic) bond motifs is 9. The molecule has 3 unspecified atom stereocenters. The number of nitrogens with zero attached hydrogens (tertiary/aromatic N) is 4. The highest BCUT2D eigenvalue weighted by Gasteiger charge is 2.39. The first-order chi connectivity index (χ1) is 57.5. The lowest BCUT2D eigenvalue weighted by Crippen LogP contribution is -2.42. The average molecular weight is 1710 g/mol. The summed E-state index contributed by atoms with van der Waals surface area (Å²) in [5, 5.41) is 22.5. The molecule has 9 aromatic carbocycles. The van der Waals surface area contributed by atoms with Crippen LogP contribution in [0.25, 0.3) is 32.7 Å². The first-order valence-corrected chi connectivity index (χ1v) is 42.8. The second-order valence-corrected chi connectivity index (χ2v) is 32.7. The molecule has 0 radical (unpaired) electrons. The van der Waals surface area contributed by atoms with E-state index in [1.165, 1.54) is 37.1 Å². The van der Waals surface area contributed by atoms with E-state index >= 15 is 0 Å². The third-order valence-electron chi connectivity index (χ3n) is 21.6. The van der Waals surface area contributed by atoms with E-state index < -0.39 is 18.3 Å². The summed E-state index contributed by atoms with van der Waals surface area (Å²) in [4.78, 5) is 58.9. The summed E-state index contributed by atoms with van der Waals surface area (Å²) >= 11 is 37.0. The van der Waals surface area contributed by atoms with E-state index in [0.717, 1.165) is 147 Å². The Bertz CT molecular complexity index is 5340. The Labute approximate surface area is 718 Å². The number of unbranched alkanes of at least 4 members (excludes halogenated alkanes) is 3. The second-order valence-electron chi connectivity index (χ2n) is 30.1. The average Bonchev–Trinajstić information content (AvgIpc) is 1.60. The highest BCUT2D eigenvalue weighted by atomic mass is 35.5. The predicted octanol–water partition coefficient (Wildman–Crippen LogP) is 22.0. The molecule has 0 spiro atoms. The molecule has 0 saturated carbocycles. The standard InChI is InChI=1S/C32H33Cl2N3O3.C31H33Cl2N3O3.C30H31Cl2N3O4/c33-23-7-12-26(13-8-23)40-32(38)37-19-15-27-28-21-24(34)9-14-29(28)35-30(27)31(37)22-5-10-25(11-6-22)39-20-4-3-18-36-16-1-2-17-36;1-20(2)34-16-3-4-18-38-24-10-5-21(6-11-24)30-29-26(27-19-23(33)9-14-28(27)35-29)15-17-36(30)31(37)39-25-12-7-22(32)8-13-25;31-21-5-10-24(11-6-21)39-30(37)35-16-13-25-26-19-22(32)7-12-27(26)34-28(25)29(35)20-3-8-23(9-4-20)38-18-2-1-14-33-15-17-36/h5-14,21,31,35H,1-4,15-20H2;5-14,19-20,30,34-35H,3-4,15-18H2,1-2H3;3-12,19,29,33-34,36H,1-2,13-18H2. The molecule has 7 heterocycles. The number of likely N-dealkylation sites (tertiary alicyclic amines) is 1. The van der Waals surface area contributed by atoms with Gasteiger partial charge in [0.15, 0.2) is 0 Å².